The summed E-state index contributed by atoms with van der Waals surface area (Å²) in [6.45, 7) is 1.27. The zero-order valence-electron chi connectivity index (χ0n) is 13.7. The number of anilines is 1. The van der Waals surface area contributed by atoms with E-state index in [-0.39, 0.29) is 5.69 Å². The Labute approximate surface area is 156 Å². The molecule has 0 aliphatic heterocycles. The number of hydrogen-bond acceptors (Lipinski definition) is 2. The number of para-hydroxylation sites is 1. The topological polar surface area (TPSA) is 56.0 Å². The van der Waals surface area contributed by atoms with Gasteiger partial charge in [0.15, 0.2) is 0 Å². The minimum atomic E-state index is -5.99. The minimum absolute atomic E-state index is 0.0311. The summed E-state index contributed by atoms with van der Waals surface area (Å²) in [6, 6.07) is 7.83. The van der Waals surface area contributed by atoms with E-state index in [4.69, 9.17) is 0 Å². The van der Waals surface area contributed by atoms with Gasteiger partial charge in [-0.05, 0) is 19.1 Å². The molecule has 27 heavy (non-hydrogen) atoms. The number of aromatic nitrogens is 2. The predicted octanol–water partition coefficient (Wildman–Crippen LogP) is 3.68. The third-order valence-corrected chi connectivity index (χ3v) is 5.15. The fourth-order valence-corrected chi connectivity index (χ4v) is 2.43. The van der Waals surface area contributed by atoms with Gasteiger partial charge in [0, 0.05) is 7.05 Å². The lowest BCUT2D eigenvalue weighted by molar-refractivity contribution is -0.253. The summed E-state index contributed by atoms with van der Waals surface area (Å²) in [6.07, 6.45) is -12.0. The smallest absolute Gasteiger partial charge is 0.318 e. The van der Waals surface area contributed by atoms with E-state index < -0.39 is 33.8 Å². The van der Waals surface area contributed by atoms with Crippen molar-refractivity contribution in [2.45, 2.75) is 23.6 Å². The van der Waals surface area contributed by atoms with Gasteiger partial charge >= 0.3 is 12.4 Å². The van der Waals surface area contributed by atoms with Crippen LogP contribution in [0.25, 0.3) is 5.69 Å². The second-order valence-corrected chi connectivity index (χ2v) is 6.73. The molecule has 5 nitrogen and oxygen atoms in total. The van der Waals surface area contributed by atoms with Crippen LogP contribution in [0.15, 0.2) is 35.1 Å². The fourth-order valence-electron chi connectivity index (χ4n) is 2.33. The van der Waals surface area contributed by atoms with Gasteiger partial charge in [0.25, 0.3) is 15.8 Å². The van der Waals surface area contributed by atoms with E-state index in [2.05, 4.69) is 0 Å². The van der Waals surface area contributed by atoms with Gasteiger partial charge < -0.3 is 5.32 Å². The lowest BCUT2D eigenvalue weighted by Gasteiger charge is -2.30. The number of rotatable bonds is 3. The van der Waals surface area contributed by atoms with E-state index in [9.17, 15) is 35.9 Å². The number of carbonyl (C=O) groups is 1. The van der Waals surface area contributed by atoms with Crippen LogP contribution >= 0.6 is 15.9 Å². The summed E-state index contributed by atoms with van der Waals surface area (Å²) >= 11 is 1.49. The minimum Gasteiger partial charge on any atom is -0.318 e. The van der Waals surface area contributed by atoms with Crippen molar-refractivity contribution >= 4 is 27.5 Å². The summed E-state index contributed by atoms with van der Waals surface area (Å²) in [5, 5.41) is 1.48. The van der Waals surface area contributed by atoms with Crippen LogP contribution in [0.5, 0.6) is 0 Å². The van der Waals surface area contributed by atoms with Crippen molar-refractivity contribution in [1.82, 2.24) is 9.36 Å². The summed E-state index contributed by atoms with van der Waals surface area (Å²) < 4.78 is 75.3. The van der Waals surface area contributed by atoms with Crippen molar-refractivity contribution in [3.63, 3.8) is 0 Å². The molecule has 0 atom stereocenters. The van der Waals surface area contributed by atoms with Gasteiger partial charge in [-0.1, -0.05) is 34.1 Å². The third kappa shape index (κ3) is 3.37. The number of hydrogen-bond donors (Lipinski definition) is 1. The normalized spacial score (nSPS) is 12.9. The van der Waals surface area contributed by atoms with Crippen molar-refractivity contribution in [2.75, 3.05) is 5.32 Å². The van der Waals surface area contributed by atoms with Gasteiger partial charge in [-0.2, -0.15) is 26.3 Å². The lowest BCUT2D eigenvalue weighted by Crippen LogP contribution is -2.59. The molecular weight excluding hydrogens is 448 g/mol. The maximum absolute atomic E-state index is 13.0. The van der Waals surface area contributed by atoms with E-state index in [1.807, 2.05) is 0 Å². The first-order chi connectivity index (χ1) is 12.2. The first-order valence-electron chi connectivity index (χ1n) is 7.21. The van der Waals surface area contributed by atoms with Crippen molar-refractivity contribution in [3.05, 3.63) is 46.4 Å². The molecule has 1 heterocycles. The van der Waals surface area contributed by atoms with E-state index in [0.29, 0.717) is 5.69 Å². The van der Waals surface area contributed by atoms with Crippen LogP contribution < -0.4 is 10.9 Å². The zero-order chi connectivity index (χ0) is 20.8. The summed E-state index contributed by atoms with van der Waals surface area (Å²) in [5.41, 5.74) is -1.39. The summed E-state index contributed by atoms with van der Waals surface area (Å²) in [4.78, 5) is 24.5. The third-order valence-electron chi connectivity index (χ3n) is 3.89. The molecule has 1 N–H and O–H groups in total. The molecule has 0 saturated carbocycles. The van der Waals surface area contributed by atoms with Gasteiger partial charge in [-0.25, -0.2) is 4.68 Å². The maximum atomic E-state index is 13.0. The SMILES string of the molecule is Cc1c(NC(=O)C(Br)(C(F)(F)F)C(F)(F)F)c(=O)n(-c2ccccc2)n1C. The highest BCUT2D eigenvalue weighted by molar-refractivity contribution is 9.10. The van der Waals surface area contributed by atoms with Gasteiger partial charge in [-0.15, -0.1) is 0 Å². The van der Waals surface area contributed by atoms with Crippen LogP contribution in [-0.2, 0) is 11.8 Å². The quantitative estimate of drug-likeness (QED) is 0.562. The van der Waals surface area contributed by atoms with E-state index in [1.165, 1.54) is 52.0 Å². The van der Waals surface area contributed by atoms with Crippen molar-refractivity contribution in [2.24, 2.45) is 7.05 Å². The molecule has 2 aromatic rings. The standard InChI is InChI=1S/C15H12BrF6N3O2/c1-8-10(11(26)25(24(8)2)9-6-4-3-5-7-9)23-12(27)13(16,14(17,18)19)15(20,21)22/h3-7H,1-2H3,(H,23,27). The number of nitrogens with zero attached hydrogens (tertiary/aromatic N) is 2. The van der Waals surface area contributed by atoms with E-state index >= 15 is 0 Å². The predicted molar refractivity (Wildman–Crippen MR) is 88.1 cm³/mol. The molecule has 0 aliphatic rings. The Morgan fingerprint density at radius 3 is 1.96 bits per heavy atom. The molecule has 148 valence electrons. The van der Waals surface area contributed by atoms with Gasteiger partial charge in [0.2, 0.25) is 0 Å². The van der Waals surface area contributed by atoms with E-state index in [1.54, 1.807) is 18.2 Å². The molecule has 1 amide bonds. The number of alkyl halides is 7. The highest BCUT2D eigenvalue weighted by Crippen LogP contribution is 2.50. The Kier molecular flexibility index (Phi) is 5.25. The monoisotopic (exact) mass is 459 g/mol. The van der Waals surface area contributed by atoms with Crippen LogP contribution in [0.2, 0.25) is 0 Å². The molecule has 0 aliphatic carbocycles. The van der Waals surface area contributed by atoms with Crippen LogP contribution in [0.1, 0.15) is 5.69 Å². The molecule has 0 saturated heterocycles. The first-order valence-corrected chi connectivity index (χ1v) is 8.00. The Hall–Kier alpha value is -2.24. The fraction of sp³-hybridized carbons (Fsp3) is 0.333. The van der Waals surface area contributed by atoms with Crippen LogP contribution in [0.4, 0.5) is 32.0 Å². The van der Waals surface area contributed by atoms with Crippen molar-refractivity contribution in [1.29, 1.82) is 0 Å². The average Bonchev–Trinajstić information content (AvgIpc) is 2.76. The maximum Gasteiger partial charge on any atom is 0.421 e. The van der Waals surface area contributed by atoms with Crippen molar-refractivity contribution in [3.8, 4) is 5.69 Å². The van der Waals surface area contributed by atoms with Crippen LogP contribution in [-0.4, -0.2) is 31.9 Å². The first kappa shape index (κ1) is 21.1. The molecule has 0 fully saturated rings. The van der Waals surface area contributed by atoms with Crippen molar-refractivity contribution < 1.29 is 31.1 Å². The number of halogens is 7. The molecular formula is C15H12BrF6N3O2. The molecule has 12 heteroatoms. The number of benzene rings is 1. The summed E-state index contributed by atoms with van der Waals surface area (Å²) in [7, 11) is 1.37. The molecule has 0 bridgehead atoms. The summed E-state index contributed by atoms with van der Waals surface area (Å²) in [5.74, 6) is -2.46. The van der Waals surface area contributed by atoms with Gasteiger partial charge in [-0.3, -0.25) is 14.3 Å². The molecule has 1 aromatic heterocycles. The zero-order valence-corrected chi connectivity index (χ0v) is 15.3. The average molecular weight is 460 g/mol. The van der Waals surface area contributed by atoms with Crippen LogP contribution in [0.3, 0.4) is 0 Å². The van der Waals surface area contributed by atoms with Gasteiger partial charge in [0.1, 0.15) is 5.69 Å². The molecule has 1 aromatic carbocycles. The van der Waals surface area contributed by atoms with E-state index in [0.717, 1.165) is 4.68 Å². The Balaban J connectivity index is 2.56. The molecule has 0 spiro atoms. The molecule has 2 rings (SSSR count). The highest BCUT2D eigenvalue weighted by atomic mass is 79.9. The highest BCUT2D eigenvalue weighted by Gasteiger charge is 2.74. The largest absolute Gasteiger partial charge is 0.421 e. The number of nitrogens with one attached hydrogen (secondary N) is 1. The molecule has 0 radical (unpaired) electrons. The Morgan fingerprint density at radius 1 is 1.04 bits per heavy atom. The molecule has 0 unspecified atom stereocenters. The second kappa shape index (κ2) is 6.73. The number of amides is 1. The second-order valence-electron chi connectivity index (χ2n) is 5.54. The van der Waals surface area contributed by atoms with Gasteiger partial charge in [0.05, 0.1) is 11.4 Å². The Bertz CT molecular complexity index is 901. The lowest BCUT2D eigenvalue weighted by atomic mass is 10.1. The van der Waals surface area contributed by atoms with Crippen LogP contribution in [0, 0.1) is 6.92 Å². The Morgan fingerprint density at radius 2 is 1.52 bits per heavy atom. The number of carbonyl (C=O) groups excluding carboxylic acids is 1.